The summed E-state index contributed by atoms with van der Waals surface area (Å²) >= 11 is 0. The lowest BCUT2D eigenvalue weighted by Gasteiger charge is -2.27. The van der Waals surface area contributed by atoms with E-state index in [0.717, 1.165) is 25.7 Å². The monoisotopic (exact) mass is 278 g/mol. The Bertz CT molecular complexity index is 491. The highest BCUT2D eigenvalue weighted by atomic mass is 19.1. The highest BCUT2D eigenvalue weighted by Gasteiger charge is 2.28. The lowest BCUT2D eigenvalue weighted by molar-refractivity contribution is -0.118. The van der Waals surface area contributed by atoms with Gasteiger partial charge in [0.15, 0.2) is 0 Å². The van der Waals surface area contributed by atoms with Crippen molar-refractivity contribution in [1.82, 2.24) is 15.5 Å². The molecule has 3 aliphatic rings. The van der Waals surface area contributed by atoms with Crippen molar-refractivity contribution in [3.05, 3.63) is 36.1 Å². The van der Waals surface area contributed by atoms with Gasteiger partial charge in [-0.15, -0.1) is 0 Å². The normalized spacial score (nSPS) is 32.1. The zero-order chi connectivity index (χ0) is 14.1. The molecule has 1 atom stereocenters. The van der Waals surface area contributed by atoms with Crippen LogP contribution in [0.15, 0.2) is 36.1 Å². The molecule has 6 heteroatoms. The summed E-state index contributed by atoms with van der Waals surface area (Å²) < 4.78 is 13.1. The summed E-state index contributed by atoms with van der Waals surface area (Å²) in [5.74, 6) is -0.454. The van der Waals surface area contributed by atoms with Crippen molar-refractivity contribution in [3.8, 4) is 0 Å². The van der Waals surface area contributed by atoms with E-state index in [2.05, 4.69) is 10.6 Å². The topological polar surface area (TPSA) is 70.4 Å². The van der Waals surface area contributed by atoms with Gasteiger partial charge in [-0.25, -0.2) is 4.39 Å². The Labute approximate surface area is 117 Å². The van der Waals surface area contributed by atoms with Crippen molar-refractivity contribution in [2.75, 3.05) is 0 Å². The Morgan fingerprint density at radius 3 is 2.85 bits per heavy atom. The van der Waals surface area contributed by atoms with E-state index in [1.807, 2.05) is 0 Å². The summed E-state index contributed by atoms with van der Waals surface area (Å²) in [6, 6.07) is 0.449. The highest BCUT2D eigenvalue weighted by Crippen LogP contribution is 2.21. The van der Waals surface area contributed by atoms with Gasteiger partial charge in [0.25, 0.3) is 5.91 Å². The number of nitrogens with one attached hydrogen (secondary N) is 2. The molecule has 0 spiro atoms. The molecule has 0 saturated heterocycles. The minimum absolute atomic E-state index is 0.137. The molecule has 5 nitrogen and oxygen atoms in total. The predicted octanol–water partition coefficient (Wildman–Crippen LogP) is 0.826. The molecule has 1 aliphatic carbocycles. The first-order valence-electron chi connectivity index (χ1n) is 6.99. The number of nitrogens with two attached hydrogens (primary N) is 1. The van der Waals surface area contributed by atoms with Crippen LogP contribution in [0.3, 0.4) is 0 Å². The zero-order valence-electron chi connectivity index (χ0n) is 11.2. The molecule has 20 heavy (non-hydrogen) atoms. The Hall–Kier alpha value is -1.82. The molecule has 0 aromatic rings. The van der Waals surface area contributed by atoms with Crippen LogP contribution in [-0.2, 0) is 4.79 Å². The van der Waals surface area contributed by atoms with E-state index >= 15 is 0 Å². The van der Waals surface area contributed by atoms with E-state index in [1.54, 1.807) is 17.2 Å². The van der Waals surface area contributed by atoms with Crippen LogP contribution in [0.4, 0.5) is 4.39 Å². The smallest absolute Gasteiger partial charge is 0.269 e. The van der Waals surface area contributed by atoms with Gasteiger partial charge in [-0.3, -0.25) is 4.79 Å². The number of allylic oxidation sites excluding steroid dienone is 2. The average Bonchev–Trinajstić information content (AvgIpc) is 2.84. The first-order valence-corrected chi connectivity index (χ1v) is 6.99. The largest absolute Gasteiger partial charge is 0.356 e. The zero-order valence-corrected chi connectivity index (χ0v) is 11.2. The third kappa shape index (κ3) is 2.70. The van der Waals surface area contributed by atoms with Crippen LogP contribution < -0.4 is 16.4 Å². The molecule has 0 aromatic heterocycles. The number of hydrogen-bond acceptors (Lipinski definition) is 4. The number of hydrogen-bond donors (Lipinski definition) is 3. The summed E-state index contributed by atoms with van der Waals surface area (Å²) in [4.78, 5) is 13.8. The third-order valence-corrected chi connectivity index (χ3v) is 3.96. The predicted molar refractivity (Wildman–Crippen MR) is 73.6 cm³/mol. The van der Waals surface area contributed by atoms with Gasteiger partial charge in [0.1, 0.15) is 17.7 Å². The number of halogens is 1. The van der Waals surface area contributed by atoms with Crippen molar-refractivity contribution >= 4 is 5.91 Å². The number of nitrogens with zero attached hydrogens (tertiary/aromatic N) is 1. The van der Waals surface area contributed by atoms with Gasteiger partial charge in [-0.1, -0.05) is 0 Å². The van der Waals surface area contributed by atoms with Crippen LogP contribution in [-0.4, -0.2) is 29.1 Å². The molecule has 108 valence electrons. The molecule has 0 aromatic carbocycles. The molecule has 1 saturated carbocycles. The average molecular weight is 278 g/mol. The van der Waals surface area contributed by atoms with Crippen molar-refractivity contribution in [2.45, 2.75) is 43.9 Å². The lowest BCUT2D eigenvalue weighted by atomic mass is 9.92. The number of rotatable bonds is 2. The molecular weight excluding hydrogens is 259 g/mol. The Morgan fingerprint density at radius 2 is 2.10 bits per heavy atom. The number of amides is 1. The molecule has 0 radical (unpaired) electrons. The van der Waals surface area contributed by atoms with Gasteiger partial charge in [-0.05, 0) is 37.8 Å². The fourth-order valence-electron chi connectivity index (χ4n) is 2.78. The molecule has 0 bridgehead atoms. The van der Waals surface area contributed by atoms with Crippen molar-refractivity contribution in [3.63, 3.8) is 0 Å². The fourth-order valence-corrected chi connectivity index (χ4v) is 2.78. The van der Waals surface area contributed by atoms with E-state index in [9.17, 15) is 9.18 Å². The van der Waals surface area contributed by atoms with Crippen molar-refractivity contribution in [2.24, 2.45) is 5.73 Å². The van der Waals surface area contributed by atoms with E-state index in [1.165, 1.54) is 12.3 Å². The van der Waals surface area contributed by atoms with E-state index in [-0.39, 0.29) is 30.0 Å². The first-order chi connectivity index (χ1) is 9.61. The van der Waals surface area contributed by atoms with Gasteiger partial charge < -0.3 is 21.3 Å². The summed E-state index contributed by atoms with van der Waals surface area (Å²) in [5.41, 5.74) is 6.32. The van der Waals surface area contributed by atoms with Gasteiger partial charge in [0.05, 0.1) is 0 Å². The molecule has 2 heterocycles. The van der Waals surface area contributed by atoms with Crippen LogP contribution in [0.25, 0.3) is 0 Å². The van der Waals surface area contributed by atoms with Crippen LogP contribution in [0, 0.1) is 0 Å². The molecule has 4 N–H and O–H groups in total. The maximum absolute atomic E-state index is 13.1. The van der Waals surface area contributed by atoms with Gasteiger partial charge in [-0.2, -0.15) is 0 Å². The van der Waals surface area contributed by atoms with E-state index in [0.29, 0.717) is 5.70 Å². The minimum atomic E-state index is -0.317. The Kier molecular flexibility index (Phi) is 3.48. The molecule has 3 rings (SSSR count). The van der Waals surface area contributed by atoms with E-state index in [4.69, 9.17) is 5.73 Å². The van der Waals surface area contributed by atoms with Crippen LogP contribution in [0.1, 0.15) is 25.7 Å². The second kappa shape index (κ2) is 5.28. The lowest BCUT2D eigenvalue weighted by Crippen LogP contribution is -2.43. The number of carbonyl (C=O) groups excluding carboxylic acids is 1. The highest BCUT2D eigenvalue weighted by molar-refractivity contribution is 5.93. The van der Waals surface area contributed by atoms with Crippen molar-refractivity contribution < 1.29 is 9.18 Å². The van der Waals surface area contributed by atoms with Crippen LogP contribution in [0.2, 0.25) is 0 Å². The Balaban J connectivity index is 1.59. The van der Waals surface area contributed by atoms with Gasteiger partial charge in [0, 0.05) is 24.5 Å². The second-order valence-corrected chi connectivity index (χ2v) is 5.54. The van der Waals surface area contributed by atoms with Gasteiger partial charge >= 0.3 is 0 Å². The minimum Gasteiger partial charge on any atom is -0.356 e. The molecule has 1 amide bonds. The quantitative estimate of drug-likeness (QED) is 0.699. The molecule has 1 unspecified atom stereocenters. The molecular formula is C14H19FN4O. The third-order valence-electron chi connectivity index (χ3n) is 3.96. The first kappa shape index (κ1) is 13.2. The Morgan fingerprint density at radius 1 is 1.35 bits per heavy atom. The fraction of sp³-hybridized carbons (Fsp3) is 0.500. The summed E-state index contributed by atoms with van der Waals surface area (Å²) in [7, 11) is 0. The maximum atomic E-state index is 13.1. The number of carbonyl (C=O) groups is 1. The molecule has 2 aliphatic heterocycles. The van der Waals surface area contributed by atoms with Crippen LogP contribution >= 0.6 is 0 Å². The van der Waals surface area contributed by atoms with Crippen LogP contribution in [0.5, 0.6) is 0 Å². The molecule has 1 fully saturated rings. The maximum Gasteiger partial charge on any atom is 0.269 e. The second-order valence-electron chi connectivity index (χ2n) is 5.54. The van der Waals surface area contributed by atoms with Crippen molar-refractivity contribution in [1.29, 1.82) is 0 Å². The van der Waals surface area contributed by atoms with E-state index < -0.39 is 0 Å². The summed E-state index contributed by atoms with van der Waals surface area (Å²) in [5, 5.41) is 6.08. The SMILES string of the molecule is NC1CCC(NC(=O)C2=CN3C=C(F)C=CC3N2)CC1. The summed E-state index contributed by atoms with van der Waals surface area (Å²) in [6.07, 6.45) is 9.65. The summed E-state index contributed by atoms with van der Waals surface area (Å²) in [6.45, 7) is 0. The van der Waals surface area contributed by atoms with Gasteiger partial charge in [0.2, 0.25) is 0 Å². The standard InChI is InChI=1S/C14H19FN4O/c15-9-1-6-13-18-12(8-19(13)7-9)14(20)17-11-4-2-10(16)3-5-11/h1,6-8,10-11,13,18H,2-5,16H2,(H,17,20). The number of fused-ring (bicyclic) bond motifs is 1.